The Kier molecular flexibility index (Phi) is 5.37. The molecule has 0 saturated heterocycles. The summed E-state index contributed by atoms with van der Waals surface area (Å²) < 4.78 is 12.0. The zero-order valence-electron chi connectivity index (χ0n) is 12.8. The largest absolute Gasteiger partial charge is 0.481 e. The van der Waals surface area contributed by atoms with E-state index in [0.717, 1.165) is 10.8 Å². The number of fused-ring (bicyclic) bond motifs is 1. The van der Waals surface area contributed by atoms with Crippen LogP contribution in [0.3, 0.4) is 0 Å². The first-order valence-electron chi connectivity index (χ1n) is 7.29. The molecule has 124 valence electrons. The van der Waals surface area contributed by atoms with Crippen molar-refractivity contribution in [2.45, 2.75) is 0 Å². The van der Waals surface area contributed by atoms with Crippen molar-refractivity contribution in [1.29, 1.82) is 5.26 Å². The highest BCUT2D eigenvalue weighted by molar-refractivity contribution is 9.11. The van der Waals surface area contributed by atoms with Crippen LogP contribution in [0, 0.1) is 11.3 Å². The minimum atomic E-state index is -0.543. The van der Waals surface area contributed by atoms with E-state index in [1.165, 1.54) is 0 Å². The Labute approximate surface area is 161 Å². The predicted molar refractivity (Wildman–Crippen MR) is 102 cm³/mol. The number of benzene rings is 3. The highest BCUT2D eigenvalue weighted by Gasteiger charge is 2.14. The zero-order chi connectivity index (χ0) is 17.8. The van der Waals surface area contributed by atoms with Gasteiger partial charge in [0, 0.05) is 5.39 Å². The monoisotopic (exact) mass is 459 g/mol. The van der Waals surface area contributed by atoms with Crippen molar-refractivity contribution in [3.63, 3.8) is 0 Å². The van der Waals surface area contributed by atoms with E-state index in [2.05, 4.69) is 31.9 Å². The van der Waals surface area contributed by atoms with E-state index >= 15 is 0 Å². The van der Waals surface area contributed by atoms with E-state index in [4.69, 9.17) is 14.7 Å². The van der Waals surface area contributed by atoms with Crippen molar-refractivity contribution in [1.82, 2.24) is 0 Å². The van der Waals surface area contributed by atoms with Crippen LogP contribution >= 0.6 is 31.9 Å². The summed E-state index contributed by atoms with van der Waals surface area (Å²) in [5, 5.41) is 10.9. The maximum Gasteiger partial charge on any atom is 0.349 e. The predicted octanol–water partition coefficient (Wildman–Crippen LogP) is 5.22. The summed E-state index contributed by atoms with van der Waals surface area (Å²) in [5.41, 5.74) is 0.450. The third-order valence-electron chi connectivity index (χ3n) is 3.44. The molecule has 3 aromatic carbocycles. The van der Waals surface area contributed by atoms with Crippen molar-refractivity contribution in [2.75, 3.05) is 6.61 Å². The summed E-state index contributed by atoms with van der Waals surface area (Å²) in [7, 11) is 0. The van der Waals surface area contributed by atoms with E-state index < -0.39 is 5.97 Å². The average Bonchev–Trinajstić information content (AvgIpc) is 2.62. The molecular weight excluding hydrogens is 450 g/mol. The first kappa shape index (κ1) is 17.5. The molecule has 0 fully saturated rings. The highest BCUT2D eigenvalue weighted by Crippen LogP contribution is 2.34. The highest BCUT2D eigenvalue weighted by atomic mass is 79.9. The maximum atomic E-state index is 12.1. The number of nitriles is 1. The lowest BCUT2D eigenvalue weighted by atomic mass is 10.1. The van der Waals surface area contributed by atoms with Crippen LogP contribution in [0.4, 0.5) is 0 Å². The smallest absolute Gasteiger partial charge is 0.349 e. The fourth-order valence-electron chi connectivity index (χ4n) is 2.32. The molecule has 3 rings (SSSR count). The van der Waals surface area contributed by atoms with Crippen LogP contribution < -0.4 is 9.47 Å². The second-order valence-corrected chi connectivity index (χ2v) is 6.83. The molecule has 0 radical (unpaired) electrons. The number of carbonyl (C=O) groups is 1. The van der Waals surface area contributed by atoms with Gasteiger partial charge in [0.15, 0.2) is 12.4 Å². The number of ether oxygens (including phenoxy) is 2. The molecule has 3 aromatic rings. The molecule has 6 heteroatoms. The molecule has 0 heterocycles. The van der Waals surface area contributed by atoms with Crippen molar-refractivity contribution < 1.29 is 14.3 Å². The van der Waals surface area contributed by atoms with Crippen molar-refractivity contribution in [3.05, 3.63) is 69.1 Å². The first-order valence-corrected chi connectivity index (χ1v) is 8.87. The molecule has 25 heavy (non-hydrogen) atoms. The number of carbonyl (C=O) groups excluding carboxylic acids is 1. The minimum absolute atomic E-state index is 0.229. The van der Waals surface area contributed by atoms with Crippen LogP contribution in [0.25, 0.3) is 10.8 Å². The molecule has 0 aliphatic rings. The molecule has 0 unspecified atom stereocenters. The SMILES string of the molecule is N#Cc1cc(Br)c(OC(=O)COc2cccc3ccccc23)c(Br)c1. The molecule has 0 aliphatic carbocycles. The van der Waals surface area contributed by atoms with Crippen molar-refractivity contribution in [3.8, 4) is 17.6 Å². The molecule has 0 amide bonds. The summed E-state index contributed by atoms with van der Waals surface area (Å²) in [4.78, 5) is 12.1. The quantitative estimate of drug-likeness (QED) is 0.395. The number of rotatable bonds is 4. The van der Waals surface area contributed by atoms with Gasteiger partial charge in [0.1, 0.15) is 5.75 Å². The fourth-order valence-corrected chi connectivity index (χ4v) is 3.67. The Morgan fingerprint density at radius 2 is 1.72 bits per heavy atom. The summed E-state index contributed by atoms with van der Waals surface area (Å²) in [6, 6.07) is 18.6. The Morgan fingerprint density at radius 3 is 2.44 bits per heavy atom. The molecule has 0 N–H and O–H groups in total. The van der Waals surface area contributed by atoms with Gasteiger partial charge in [-0.25, -0.2) is 4.79 Å². The zero-order valence-corrected chi connectivity index (χ0v) is 16.0. The lowest BCUT2D eigenvalue weighted by molar-refractivity contribution is -0.136. The number of esters is 1. The van der Waals surface area contributed by atoms with Crippen molar-refractivity contribution in [2.24, 2.45) is 0 Å². The minimum Gasteiger partial charge on any atom is -0.481 e. The van der Waals surface area contributed by atoms with Crippen LogP contribution in [0.1, 0.15) is 5.56 Å². The second kappa shape index (κ2) is 7.68. The lowest BCUT2D eigenvalue weighted by Crippen LogP contribution is -2.18. The maximum absolute atomic E-state index is 12.1. The van der Waals surface area contributed by atoms with E-state index in [-0.39, 0.29) is 6.61 Å². The Hall–Kier alpha value is -2.36. The summed E-state index contributed by atoms with van der Waals surface area (Å²) >= 11 is 6.59. The first-order chi connectivity index (χ1) is 12.1. The summed E-state index contributed by atoms with van der Waals surface area (Å²) in [6.45, 7) is -0.229. The summed E-state index contributed by atoms with van der Waals surface area (Å²) in [6.07, 6.45) is 0. The number of hydrogen-bond donors (Lipinski definition) is 0. The lowest BCUT2D eigenvalue weighted by Gasteiger charge is -2.11. The molecule has 0 spiro atoms. The second-order valence-electron chi connectivity index (χ2n) is 5.12. The van der Waals surface area contributed by atoms with Gasteiger partial charge in [-0.1, -0.05) is 36.4 Å². The Morgan fingerprint density at radius 1 is 1.04 bits per heavy atom. The molecule has 0 bridgehead atoms. The molecule has 0 aliphatic heterocycles. The standard InChI is InChI=1S/C19H11Br2NO3/c20-15-8-12(10-22)9-16(21)19(15)25-18(23)11-24-17-7-3-5-13-4-1-2-6-14(13)17/h1-9H,11H2. The van der Waals surface area contributed by atoms with Crippen LogP contribution in [0.15, 0.2) is 63.5 Å². The van der Waals surface area contributed by atoms with E-state index in [9.17, 15) is 4.79 Å². The van der Waals surface area contributed by atoms with Crippen LogP contribution in [0.5, 0.6) is 11.5 Å². The van der Waals surface area contributed by atoms with Crippen molar-refractivity contribution >= 4 is 48.6 Å². The van der Waals surface area contributed by atoms with Crippen LogP contribution in [-0.4, -0.2) is 12.6 Å². The van der Waals surface area contributed by atoms with Gasteiger partial charge in [-0.15, -0.1) is 0 Å². The summed E-state index contributed by atoms with van der Waals surface area (Å²) in [5.74, 6) is 0.387. The van der Waals surface area contributed by atoms with Gasteiger partial charge in [-0.2, -0.15) is 5.26 Å². The topological polar surface area (TPSA) is 59.3 Å². The van der Waals surface area contributed by atoms with Gasteiger partial charge in [0.05, 0.1) is 20.6 Å². The third-order valence-corrected chi connectivity index (χ3v) is 4.62. The van der Waals surface area contributed by atoms with E-state index in [1.54, 1.807) is 12.1 Å². The van der Waals surface area contributed by atoms with Gasteiger partial charge >= 0.3 is 5.97 Å². The Balaban J connectivity index is 1.72. The third kappa shape index (κ3) is 4.01. The van der Waals surface area contributed by atoms with Crippen LogP contribution in [0.2, 0.25) is 0 Å². The van der Waals surface area contributed by atoms with Gasteiger partial charge in [0.25, 0.3) is 0 Å². The van der Waals surface area contributed by atoms with Gasteiger partial charge in [-0.3, -0.25) is 0 Å². The molecule has 0 aromatic heterocycles. The molecule has 0 atom stereocenters. The van der Waals surface area contributed by atoms with Gasteiger partial charge in [0.2, 0.25) is 0 Å². The number of halogens is 2. The fraction of sp³-hybridized carbons (Fsp3) is 0.0526. The average molecular weight is 461 g/mol. The number of hydrogen-bond acceptors (Lipinski definition) is 4. The molecule has 4 nitrogen and oxygen atoms in total. The molecule has 0 saturated carbocycles. The van der Waals surface area contributed by atoms with Gasteiger partial charge < -0.3 is 9.47 Å². The van der Waals surface area contributed by atoms with E-state index in [0.29, 0.717) is 26.0 Å². The molecular formula is C19H11Br2NO3. The normalized spacial score (nSPS) is 10.3. The van der Waals surface area contributed by atoms with Gasteiger partial charge in [-0.05, 0) is 55.4 Å². The van der Waals surface area contributed by atoms with Crippen LogP contribution in [-0.2, 0) is 4.79 Å². The number of nitrogens with zero attached hydrogens (tertiary/aromatic N) is 1. The van der Waals surface area contributed by atoms with E-state index in [1.807, 2.05) is 48.5 Å². The Bertz CT molecular complexity index is 967.